The van der Waals surface area contributed by atoms with Crippen LogP contribution in [0.25, 0.3) is 6.08 Å². The lowest BCUT2D eigenvalue weighted by molar-refractivity contribution is -0.387. The Labute approximate surface area is 211 Å². The van der Waals surface area contributed by atoms with Crippen LogP contribution in [0.15, 0.2) is 81.4 Å². The molecule has 1 aliphatic heterocycles. The summed E-state index contributed by atoms with van der Waals surface area (Å²) in [6, 6.07) is 20.4. The minimum atomic E-state index is -0.397. The third-order valence-electron chi connectivity index (χ3n) is 5.14. The second-order valence-electron chi connectivity index (χ2n) is 7.83. The zero-order valence-corrected chi connectivity index (χ0v) is 21.2. The van der Waals surface area contributed by atoms with Crippen LogP contribution in [-0.2, 0) is 4.79 Å². The number of nitro benzene ring substituents is 1. The summed E-state index contributed by atoms with van der Waals surface area (Å²) in [6.07, 6.45) is 1.65. The first-order chi connectivity index (χ1) is 16.2. The van der Waals surface area contributed by atoms with Crippen LogP contribution in [-0.4, -0.2) is 29.2 Å². The quantitative estimate of drug-likeness (QED) is 0.163. The number of thiocarbonyl (C=S) groups is 1. The molecule has 0 atom stereocenters. The summed E-state index contributed by atoms with van der Waals surface area (Å²) in [6.45, 7) is 1.99. The maximum Gasteiger partial charge on any atom is 0.283 e. The van der Waals surface area contributed by atoms with Gasteiger partial charge < -0.3 is 4.90 Å². The average molecular weight is 508 g/mol. The van der Waals surface area contributed by atoms with Crippen molar-refractivity contribution in [3.63, 3.8) is 0 Å². The fourth-order valence-electron chi connectivity index (χ4n) is 3.33. The number of nitro groups is 1. The van der Waals surface area contributed by atoms with Crippen molar-refractivity contribution in [3.8, 4) is 0 Å². The largest absolute Gasteiger partial charge is 0.378 e. The van der Waals surface area contributed by atoms with Gasteiger partial charge in [0.2, 0.25) is 0 Å². The summed E-state index contributed by atoms with van der Waals surface area (Å²) in [5.41, 5.74) is 3.39. The van der Waals surface area contributed by atoms with E-state index in [2.05, 4.69) is 0 Å². The molecule has 0 aliphatic carbocycles. The molecule has 0 saturated carbocycles. The number of aryl methyl sites for hydroxylation is 1. The van der Waals surface area contributed by atoms with Crippen molar-refractivity contribution in [1.29, 1.82) is 0 Å². The molecule has 6 nitrogen and oxygen atoms in total. The Kier molecular flexibility index (Phi) is 7.06. The molecule has 0 radical (unpaired) electrons. The van der Waals surface area contributed by atoms with E-state index in [1.165, 1.54) is 34.5 Å². The summed E-state index contributed by atoms with van der Waals surface area (Å²) in [4.78, 5) is 29.8. The number of hydrogen-bond acceptors (Lipinski definition) is 7. The van der Waals surface area contributed by atoms with Gasteiger partial charge in [-0.05, 0) is 61.0 Å². The standard InChI is InChI=1S/C25H21N3O3S3/c1-16-4-11-20(12-5-16)33-22-13-6-17(14-21(22)28(30)31)15-23-24(29)27(25(32)34-23)19-9-7-18(8-10-19)26(2)3/h4-15H,1-3H3. The van der Waals surface area contributed by atoms with Gasteiger partial charge in [-0.15, -0.1) is 0 Å². The second-order valence-corrected chi connectivity index (χ2v) is 10.6. The van der Waals surface area contributed by atoms with Crippen LogP contribution in [0, 0.1) is 17.0 Å². The SMILES string of the molecule is Cc1ccc(Sc2ccc(C=C3SC(=S)N(c4ccc(N(C)C)cc4)C3=O)cc2[N+](=O)[O-])cc1. The van der Waals surface area contributed by atoms with Crippen LogP contribution in [0.4, 0.5) is 17.1 Å². The van der Waals surface area contributed by atoms with Gasteiger partial charge in [0, 0.05) is 30.7 Å². The van der Waals surface area contributed by atoms with Crippen molar-refractivity contribution in [1.82, 2.24) is 0 Å². The number of nitrogens with zero attached hydrogens (tertiary/aromatic N) is 3. The van der Waals surface area contributed by atoms with Gasteiger partial charge >= 0.3 is 0 Å². The lowest BCUT2D eigenvalue weighted by atomic mass is 10.2. The highest BCUT2D eigenvalue weighted by molar-refractivity contribution is 8.27. The monoisotopic (exact) mass is 507 g/mol. The van der Waals surface area contributed by atoms with Gasteiger partial charge in [0.1, 0.15) is 0 Å². The zero-order chi connectivity index (χ0) is 24.4. The Morgan fingerprint density at radius 1 is 1.06 bits per heavy atom. The van der Waals surface area contributed by atoms with Gasteiger partial charge in [-0.3, -0.25) is 19.8 Å². The maximum atomic E-state index is 13.1. The molecule has 9 heteroatoms. The fraction of sp³-hybridized carbons (Fsp3) is 0.120. The molecule has 0 spiro atoms. The van der Waals surface area contributed by atoms with E-state index in [4.69, 9.17) is 12.2 Å². The Balaban J connectivity index is 1.60. The highest BCUT2D eigenvalue weighted by atomic mass is 32.2. The van der Waals surface area contributed by atoms with E-state index in [-0.39, 0.29) is 11.6 Å². The van der Waals surface area contributed by atoms with E-state index < -0.39 is 4.92 Å². The number of carbonyl (C=O) groups is 1. The van der Waals surface area contributed by atoms with E-state index in [1.54, 1.807) is 18.2 Å². The van der Waals surface area contributed by atoms with E-state index in [1.807, 2.05) is 74.4 Å². The summed E-state index contributed by atoms with van der Waals surface area (Å²) in [7, 11) is 3.89. The van der Waals surface area contributed by atoms with Gasteiger partial charge in [0.05, 0.1) is 20.4 Å². The highest BCUT2D eigenvalue weighted by Gasteiger charge is 2.33. The molecule has 3 aromatic carbocycles. The fourth-order valence-corrected chi connectivity index (χ4v) is 5.53. The Hall–Kier alpha value is -3.14. The topological polar surface area (TPSA) is 66.7 Å². The third-order valence-corrected chi connectivity index (χ3v) is 7.52. The first kappa shape index (κ1) is 24.0. The Morgan fingerprint density at radius 3 is 2.35 bits per heavy atom. The number of amides is 1. The lowest BCUT2D eigenvalue weighted by Crippen LogP contribution is -2.27. The van der Waals surface area contributed by atoms with Crippen LogP contribution >= 0.6 is 35.7 Å². The van der Waals surface area contributed by atoms with Crippen molar-refractivity contribution < 1.29 is 9.72 Å². The molecule has 34 heavy (non-hydrogen) atoms. The molecule has 1 fully saturated rings. The second kappa shape index (κ2) is 10.0. The molecule has 0 unspecified atom stereocenters. The van der Waals surface area contributed by atoms with E-state index in [0.29, 0.717) is 25.4 Å². The molecule has 1 heterocycles. The normalized spacial score (nSPS) is 14.7. The number of anilines is 2. The van der Waals surface area contributed by atoms with Gasteiger partial charge in [0.15, 0.2) is 4.32 Å². The summed E-state index contributed by atoms with van der Waals surface area (Å²) in [5.74, 6) is -0.242. The van der Waals surface area contributed by atoms with Crippen molar-refractivity contribution in [2.24, 2.45) is 0 Å². The van der Waals surface area contributed by atoms with Gasteiger partial charge in [0.25, 0.3) is 11.6 Å². The Bertz CT molecular complexity index is 1300. The van der Waals surface area contributed by atoms with E-state index in [9.17, 15) is 14.9 Å². The first-order valence-corrected chi connectivity index (χ1v) is 12.4. The Morgan fingerprint density at radius 2 is 1.74 bits per heavy atom. The average Bonchev–Trinajstić information content (AvgIpc) is 3.08. The summed E-state index contributed by atoms with van der Waals surface area (Å²) < 4.78 is 0.426. The van der Waals surface area contributed by atoms with Crippen molar-refractivity contribution in [2.75, 3.05) is 23.9 Å². The van der Waals surface area contributed by atoms with Crippen LogP contribution in [0.2, 0.25) is 0 Å². The van der Waals surface area contributed by atoms with Crippen LogP contribution in [0.1, 0.15) is 11.1 Å². The molecule has 1 aliphatic rings. The zero-order valence-electron chi connectivity index (χ0n) is 18.7. The van der Waals surface area contributed by atoms with Gasteiger partial charge in [-0.2, -0.15) is 0 Å². The molecule has 1 saturated heterocycles. The van der Waals surface area contributed by atoms with Crippen molar-refractivity contribution in [2.45, 2.75) is 16.7 Å². The molecule has 4 rings (SSSR count). The molecular formula is C25H21N3O3S3. The van der Waals surface area contributed by atoms with Gasteiger partial charge in [-0.25, -0.2) is 0 Å². The van der Waals surface area contributed by atoms with Crippen LogP contribution in [0.5, 0.6) is 0 Å². The van der Waals surface area contributed by atoms with Crippen LogP contribution < -0.4 is 9.80 Å². The molecule has 0 bridgehead atoms. The van der Waals surface area contributed by atoms with E-state index >= 15 is 0 Å². The molecule has 0 aromatic heterocycles. The number of carbonyl (C=O) groups excluding carboxylic acids is 1. The predicted octanol–water partition coefficient (Wildman–Crippen LogP) is 6.53. The third kappa shape index (κ3) is 5.16. The van der Waals surface area contributed by atoms with Gasteiger partial charge in [-0.1, -0.05) is 59.5 Å². The minimum Gasteiger partial charge on any atom is -0.378 e. The number of thioether (sulfide) groups is 1. The lowest BCUT2D eigenvalue weighted by Gasteiger charge is -2.17. The molecule has 1 amide bonds. The molecule has 172 valence electrons. The maximum absolute atomic E-state index is 13.1. The number of benzene rings is 3. The smallest absolute Gasteiger partial charge is 0.283 e. The van der Waals surface area contributed by atoms with Crippen LogP contribution in [0.3, 0.4) is 0 Å². The number of rotatable bonds is 6. The van der Waals surface area contributed by atoms with Crippen molar-refractivity contribution >= 4 is 69.1 Å². The summed E-state index contributed by atoms with van der Waals surface area (Å²) >= 11 is 7.98. The number of hydrogen-bond donors (Lipinski definition) is 0. The van der Waals surface area contributed by atoms with E-state index in [0.717, 1.165) is 16.1 Å². The minimum absolute atomic E-state index is 0.00548. The molecular weight excluding hydrogens is 486 g/mol. The summed E-state index contributed by atoms with van der Waals surface area (Å²) in [5, 5.41) is 11.8. The first-order valence-electron chi connectivity index (χ1n) is 10.3. The predicted molar refractivity (Wildman–Crippen MR) is 145 cm³/mol. The highest BCUT2D eigenvalue weighted by Crippen LogP contribution is 2.39. The molecule has 0 N–H and O–H groups in total. The molecule has 3 aromatic rings. The van der Waals surface area contributed by atoms with Crippen molar-refractivity contribution in [3.05, 3.63) is 92.9 Å².